The predicted molar refractivity (Wildman–Crippen MR) is 59.1 cm³/mol. The lowest BCUT2D eigenvalue weighted by atomic mass is 9.62. The summed E-state index contributed by atoms with van der Waals surface area (Å²) < 4.78 is 0. The Bertz CT molecular complexity index is 221. The van der Waals surface area contributed by atoms with Crippen LogP contribution >= 0.6 is 0 Å². The summed E-state index contributed by atoms with van der Waals surface area (Å²) in [4.78, 5) is 0. The van der Waals surface area contributed by atoms with Crippen molar-refractivity contribution in [3.63, 3.8) is 0 Å². The Morgan fingerprint density at radius 2 is 1.93 bits per heavy atom. The molecule has 0 aromatic carbocycles. The molecule has 2 unspecified atom stereocenters. The molecule has 3 rings (SSSR count). The fourth-order valence-corrected chi connectivity index (χ4v) is 4.29. The molecule has 0 amide bonds. The van der Waals surface area contributed by atoms with Crippen molar-refractivity contribution in [3.05, 3.63) is 0 Å². The van der Waals surface area contributed by atoms with Gasteiger partial charge >= 0.3 is 0 Å². The zero-order valence-corrected chi connectivity index (χ0v) is 9.50. The van der Waals surface area contributed by atoms with E-state index in [0.717, 1.165) is 35.6 Å². The first-order chi connectivity index (χ1) is 6.75. The molecule has 80 valence electrons. The zero-order chi connectivity index (χ0) is 9.71. The van der Waals surface area contributed by atoms with Gasteiger partial charge in [-0.3, -0.25) is 0 Å². The maximum Gasteiger partial charge on any atom is 0.0104 e. The van der Waals surface area contributed by atoms with Crippen molar-refractivity contribution in [3.8, 4) is 0 Å². The fraction of sp³-hybridized carbons (Fsp3) is 1.00. The first kappa shape index (κ1) is 9.21. The van der Waals surface area contributed by atoms with E-state index in [-0.39, 0.29) is 0 Å². The van der Waals surface area contributed by atoms with Gasteiger partial charge in [-0.25, -0.2) is 0 Å². The molecule has 3 saturated carbocycles. The van der Waals surface area contributed by atoms with E-state index in [0.29, 0.717) is 0 Å². The molecule has 0 radical (unpaired) electrons. The standard InChI is InChI=1S/C13H23N/c1-8(2)7-14-12-6-11-9-3-4-10(5-9)13(11)12/h8-14H,3-7H2,1-2H3/t9?,10?,11-,12-,13+/m0/s1. The lowest BCUT2D eigenvalue weighted by Gasteiger charge is -2.48. The summed E-state index contributed by atoms with van der Waals surface area (Å²) in [6.45, 7) is 5.85. The molecule has 3 fully saturated rings. The predicted octanol–water partition coefficient (Wildman–Crippen LogP) is 2.67. The SMILES string of the molecule is CC(C)CN[C@H]1C[C@H]2C3CCC(C3)[C@@H]12. The van der Waals surface area contributed by atoms with Gasteiger partial charge in [-0.1, -0.05) is 13.8 Å². The summed E-state index contributed by atoms with van der Waals surface area (Å²) in [6, 6.07) is 0.901. The van der Waals surface area contributed by atoms with E-state index < -0.39 is 0 Å². The highest BCUT2D eigenvalue weighted by Gasteiger charge is 2.56. The van der Waals surface area contributed by atoms with E-state index >= 15 is 0 Å². The van der Waals surface area contributed by atoms with Crippen molar-refractivity contribution in [2.75, 3.05) is 6.54 Å². The van der Waals surface area contributed by atoms with E-state index in [1.54, 1.807) is 19.3 Å². The van der Waals surface area contributed by atoms with Crippen LogP contribution in [0.3, 0.4) is 0 Å². The molecule has 0 spiro atoms. The molecular formula is C13H23N. The summed E-state index contributed by atoms with van der Waals surface area (Å²) in [5, 5.41) is 3.77. The van der Waals surface area contributed by atoms with Crippen LogP contribution in [0.4, 0.5) is 0 Å². The highest BCUT2D eigenvalue weighted by Crippen LogP contribution is 2.61. The number of nitrogens with one attached hydrogen (secondary N) is 1. The molecular weight excluding hydrogens is 170 g/mol. The Morgan fingerprint density at radius 3 is 2.64 bits per heavy atom. The molecule has 5 atom stereocenters. The maximum absolute atomic E-state index is 3.77. The average molecular weight is 193 g/mol. The summed E-state index contributed by atoms with van der Waals surface area (Å²) in [5.74, 6) is 5.30. The van der Waals surface area contributed by atoms with Crippen molar-refractivity contribution < 1.29 is 0 Å². The van der Waals surface area contributed by atoms with Gasteiger partial charge in [-0.05, 0) is 61.8 Å². The van der Waals surface area contributed by atoms with Crippen molar-refractivity contribution in [2.45, 2.75) is 45.6 Å². The van der Waals surface area contributed by atoms with Crippen molar-refractivity contribution in [2.24, 2.45) is 29.6 Å². The van der Waals surface area contributed by atoms with Crippen LogP contribution < -0.4 is 5.32 Å². The van der Waals surface area contributed by atoms with Gasteiger partial charge in [0, 0.05) is 6.04 Å². The maximum atomic E-state index is 3.77. The Hall–Kier alpha value is -0.0400. The largest absolute Gasteiger partial charge is 0.313 e. The number of fused-ring (bicyclic) bond motifs is 5. The van der Waals surface area contributed by atoms with E-state index in [1.807, 2.05) is 0 Å². The number of rotatable bonds is 3. The second kappa shape index (κ2) is 3.23. The minimum absolute atomic E-state index is 0.813. The summed E-state index contributed by atoms with van der Waals surface area (Å²) in [5.41, 5.74) is 0. The molecule has 2 bridgehead atoms. The van der Waals surface area contributed by atoms with Crippen LogP contribution in [0, 0.1) is 29.6 Å². The first-order valence-electron chi connectivity index (χ1n) is 6.49. The van der Waals surface area contributed by atoms with Crippen molar-refractivity contribution in [1.29, 1.82) is 0 Å². The van der Waals surface area contributed by atoms with Gasteiger partial charge in [-0.2, -0.15) is 0 Å². The molecule has 0 saturated heterocycles. The number of hydrogen-bond acceptors (Lipinski definition) is 1. The molecule has 3 aliphatic rings. The second-order valence-electron chi connectivity index (χ2n) is 6.22. The third-order valence-electron chi connectivity index (χ3n) is 4.94. The van der Waals surface area contributed by atoms with Gasteiger partial charge in [0.2, 0.25) is 0 Å². The highest BCUT2D eigenvalue weighted by molar-refractivity contribution is 5.08. The van der Waals surface area contributed by atoms with Crippen LogP contribution in [-0.2, 0) is 0 Å². The van der Waals surface area contributed by atoms with Crippen LogP contribution in [0.5, 0.6) is 0 Å². The van der Waals surface area contributed by atoms with E-state index in [4.69, 9.17) is 0 Å². The molecule has 1 N–H and O–H groups in total. The molecule has 0 aromatic heterocycles. The normalized spacial score (nSPS) is 49.5. The summed E-state index contributed by atoms with van der Waals surface area (Å²) in [6.07, 6.45) is 6.18. The Kier molecular flexibility index (Phi) is 2.12. The van der Waals surface area contributed by atoms with Gasteiger partial charge in [0.15, 0.2) is 0 Å². The highest BCUT2D eigenvalue weighted by atomic mass is 15.0. The van der Waals surface area contributed by atoms with Crippen LogP contribution in [0.1, 0.15) is 39.5 Å². The molecule has 14 heavy (non-hydrogen) atoms. The van der Waals surface area contributed by atoms with Crippen LogP contribution in [0.2, 0.25) is 0 Å². The van der Waals surface area contributed by atoms with Crippen LogP contribution in [-0.4, -0.2) is 12.6 Å². The summed E-state index contributed by atoms with van der Waals surface area (Å²) >= 11 is 0. The third kappa shape index (κ3) is 1.25. The lowest BCUT2D eigenvalue weighted by molar-refractivity contribution is 0.0482. The molecule has 0 aliphatic heterocycles. The van der Waals surface area contributed by atoms with Gasteiger partial charge in [0.05, 0.1) is 0 Å². The summed E-state index contributed by atoms with van der Waals surface area (Å²) in [7, 11) is 0. The quantitative estimate of drug-likeness (QED) is 0.726. The monoisotopic (exact) mass is 193 g/mol. The molecule has 0 aromatic rings. The molecule has 3 aliphatic carbocycles. The molecule has 1 heteroatoms. The van der Waals surface area contributed by atoms with E-state index in [1.165, 1.54) is 13.0 Å². The second-order valence-corrected chi connectivity index (χ2v) is 6.22. The fourth-order valence-electron chi connectivity index (χ4n) is 4.29. The minimum atomic E-state index is 0.813. The molecule has 0 heterocycles. The van der Waals surface area contributed by atoms with Crippen molar-refractivity contribution in [1.82, 2.24) is 5.32 Å². The topological polar surface area (TPSA) is 12.0 Å². The Balaban J connectivity index is 1.55. The molecule has 1 nitrogen and oxygen atoms in total. The Morgan fingerprint density at radius 1 is 1.14 bits per heavy atom. The Labute approximate surface area is 87.7 Å². The van der Waals surface area contributed by atoms with E-state index in [9.17, 15) is 0 Å². The van der Waals surface area contributed by atoms with Gasteiger partial charge in [0.1, 0.15) is 0 Å². The van der Waals surface area contributed by atoms with Gasteiger partial charge in [0.25, 0.3) is 0 Å². The van der Waals surface area contributed by atoms with Gasteiger partial charge in [-0.15, -0.1) is 0 Å². The zero-order valence-electron chi connectivity index (χ0n) is 9.50. The number of hydrogen-bond donors (Lipinski definition) is 1. The first-order valence-corrected chi connectivity index (χ1v) is 6.49. The van der Waals surface area contributed by atoms with Crippen molar-refractivity contribution >= 4 is 0 Å². The minimum Gasteiger partial charge on any atom is -0.313 e. The smallest absolute Gasteiger partial charge is 0.0104 e. The lowest BCUT2D eigenvalue weighted by Crippen LogP contribution is -2.53. The average Bonchev–Trinajstić information content (AvgIpc) is 2.59. The third-order valence-corrected chi connectivity index (χ3v) is 4.94. The van der Waals surface area contributed by atoms with Gasteiger partial charge < -0.3 is 5.32 Å². The van der Waals surface area contributed by atoms with E-state index in [2.05, 4.69) is 19.2 Å². The van der Waals surface area contributed by atoms with Crippen LogP contribution in [0.25, 0.3) is 0 Å². The van der Waals surface area contributed by atoms with Crippen LogP contribution in [0.15, 0.2) is 0 Å².